The number of aryl methyl sites for hydroxylation is 2. The van der Waals surface area contributed by atoms with E-state index in [1.807, 2.05) is 12.4 Å². The van der Waals surface area contributed by atoms with Crippen molar-refractivity contribution in [1.82, 2.24) is 24.8 Å². The van der Waals surface area contributed by atoms with E-state index in [4.69, 9.17) is 19.9 Å². The molecule has 0 saturated carbocycles. The smallest absolute Gasteiger partial charge is 0.349 e. The number of fused-ring (bicyclic) bond motifs is 4. The highest BCUT2D eigenvalue weighted by atomic mass is 15.2. The van der Waals surface area contributed by atoms with E-state index in [-0.39, 0.29) is 20.1 Å². The van der Waals surface area contributed by atoms with Crippen LogP contribution in [0.3, 0.4) is 0 Å². The van der Waals surface area contributed by atoms with Gasteiger partial charge >= 0.3 is 6.85 Å². The van der Waals surface area contributed by atoms with Crippen molar-refractivity contribution in [3.63, 3.8) is 0 Å². The third kappa shape index (κ3) is 11.1. The van der Waals surface area contributed by atoms with Crippen molar-refractivity contribution in [3.05, 3.63) is 248 Å². The Balaban J connectivity index is 1.25. The number of nitrogens with zero attached hydrogens (tertiary/aromatic N) is 11. The van der Waals surface area contributed by atoms with E-state index in [2.05, 4.69) is 318 Å². The topological polar surface area (TPSA) is 83.4 Å². The van der Waals surface area contributed by atoms with E-state index < -0.39 is 6.85 Å². The highest BCUT2D eigenvalue weighted by Crippen LogP contribution is 2.39. The lowest BCUT2D eigenvalue weighted by atomic mass is 9.23. The molecule has 0 aliphatic carbocycles. The summed E-state index contributed by atoms with van der Waals surface area (Å²) in [5.74, 6) is 0.743. The summed E-state index contributed by atoms with van der Waals surface area (Å²) in [5, 5.41) is 0. The Morgan fingerprint density at radius 3 is 1.70 bits per heavy atom. The van der Waals surface area contributed by atoms with Gasteiger partial charge in [-0.2, -0.15) is 0 Å². The molecule has 0 saturated heterocycles. The molecule has 4 heterocycles. The quantitative estimate of drug-likeness (QED) is 0.0521. The Kier molecular flexibility index (Phi) is 16.3. The van der Waals surface area contributed by atoms with E-state index in [9.17, 15) is 0 Å². The van der Waals surface area contributed by atoms with Gasteiger partial charge < -0.3 is 29.4 Å². The Morgan fingerprint density at radius 1 is 0.517 bits per heavy atom. The van der Waals surface area contributed by atoms with Gasteiger partial charge in [-0.3, -0.25) is 14.9 Å². The molecular weight excluding hydrogens is 1060 g/mol. The number of anilines is 8. The van der Waals surface area contributed by atoms with Gasteiger partial charge in [0.15, 0.2) is 0 Å². The van der Waals surface area contributed by atoms with E-state index >= 15 is 0 Å². The molecule has 0 unspecified atom stereocenters. The molecule has 2 aromatic heterocycles. The summed E-state index contributed by atoms with van der Waals surface area (Å²) in [4.78, 5) is 39.9. The number of hydrogen-bond donors (Lipinski definition) is 0. The number of amidine groups is 1. The van der Waals surface area contributed by atoms with Gasteiger partial charge in [-0.1, -0.05) is 166 Å². The zero-order valence-corrected chi connectivity index (χ0v) is 51.7. The van der Waals surface area contributed by atoms with Gasteiger partial charge in [-0.05, 0) is 115 Å². The molecular formula is C72H71B4N11. The third-order valence-corrected chi connectivity index (χ3v) is 17.1. The van der Waals surface area contributed by atoms with Crippen LogP contribution >= 0.6 is 0 Å². The second-order valence-corrected chi connectivity index (χ2v) is 23.5. The van der Waals surface area contributed by atoms with Crippen LogP contribution in [0.15, 0.2) is 242 Å². The lowest BCUT2D eigenvalue weighted by Crippen LogP contribution is -2.76. The Labute approximate surface area is 515 Å². The second kappa shape index (κ2) is 24.6. The zero-order chi connectivity index (χ0) is 60.5. The molecule has 0 bridgehead atoms. The minimum Gasteiger partial charge on any atom is -0.378 e. The molecule has 87 heavy (non-hydrogen) atoms. The number of benzene rings is 8. The van der Waals surface area contributed by atoms with Gasteiger partial charge in [-0.25, -0.2) is 9.97 Å². The molecule has 0 amide bonds. The van der Waals surface area contributed by atoms with Crippen molar-refractivity contribution < 1.29 is 0 Å². The van der Waals surface area contributed by atoms with Crippen LogP contribution in [0.1, 0.15) is 18.1 Å². The number of hydrogen-bond acceptors (Lipinski definition) is 10. The van der Waals surface area contributed by atoms with Crippen molar-refractivity contribution in [2.45, 2.75) is 20.8 Å². The maximum atomic E-state index is 6.26. The third-order valence-electron chi connectivity index (χ3n) is 17.1. The van der Waals surface area contributed by atoms with Gasteiger partial charge in [0.1, 0.15) is 18.5 Å². The lowest BCUT2D eigenvalue weighted by molar-refractivity contribution is 0.530. The summed E-state index contributed by atoms with van der Waals surface area (Å²) in [7, 11) is 16.9. The maximum Gasteiger partial charge on any atom is 0.349 e. The van der Waals surface area contributed by atoms with Crippen molar-refractivity contribution >= 4 is 139 Å². The first-order chi connectivity index (χ1) is 42.3. The number of allylic oxidation sites excluding steroid dienone is 2. The van der Waals surface area contributed by atoms with Crippen LogP contribution in [0.25, 0.3) is 0 Å². The Bertz CT molecular complexity index is 4160. The first kappa shape index (κ1) is 57.6. The number of aromatic nitrogens is 4. The summed E-state index contributed by atoms with van der Waals surface area (Å²) in [6.07, 6.45) is 13.8. The fourth-order valence-electron chi connectivity index (χ4n) is 12.7. The predicted octanol–water partition coefficient (Wildman–Crippen LogP) is 6.09. The van der Waals surface area contributed by atoms with Crippen molar-refractivity contribution in [2.24, 2.45) is 4.90 Å². The fraction of sp³-hybridized carbons (Fsp3) is 0.153. The molecule has 0 fully saturated rings. The minimum absolute atomic E-state index is 0.274. The second-order valence-electron chi connectivity index (χ2n) is 23.5. The number of likely N-dealkylation sites (N-methyl/N-ethyl adjacent to an activating group) is 1. The molecule has 15 heteroatoms. The van der Waals surface area contributed by atoms with Crippen molar-refractivity contribution in [1.29, 1.82) is 0 Å². The molecule has 12 rings (SSSR count). The lowest BCUT2D eigenvalue weighted by Gasteiger charge is -2.40. The monoisotopic (exact) mass is 1130 g/mol. The first-order valence-electron chi connectivity index (χ1n) is 29.8. The minimum atomic E-state index is -0.611. The number of rotatable bonds is 15. The molecule has 426 valence electrons. The van der Waals surface area contributed by atoms with Gasteiger partial charge in [0.05, 0.1) is 5.69 Å². The van der Waals surface area contributed by atoms with Crippen LogP contribution in [0.4, 0.5) is 45.5 Å². The van der Waals surface area contributed by atoms with Gasteiger partial charge in [0.2, 0.25) is 6.71 Å². The predicted molar refractivity (Wildman–Crippen MR) is 375 cm³/mol. The normalized spacial score (nSPS) is 12.8. The van der Waals surface area contributed by atoms with Crippen LogP contribution in [-0.2, 0) is 0 Å². The number of para-hydroxylation sites is 2. The van der Waals surface area contributed by atoms with Gasteiger partial charge in [0, 0.05) is 132 Å². The molecule has 0 radical (unpaired) electrons. The summed E-state index contributed by atoms with van der Waals surface area (Å²) in [6, 6.07) is 68.9. The molecule has 10 aromatic rings. The summed E-state index contributed by atoms with van der Waals surface area (Å²) in [6.45, 7) is 4.86. The van der Waals surface area contributed by atoms with Crippen LogP contribution in [-0.4, -0.2) is 114 Å². The van der Waals surface area contributed by atoms with E-state index in [1.54, 1.807) is 12.7 Å². The molecule has 0 spiro atoms. The highest BCUT2D eigenvalue weighted by molar-refractivity contribution is 7.09. The van der Waals surface area contributed by atoms with E-state index in [1.165, 1.54) is 10.9 Å². The molecule has 8 aromatic carbocycles. The van der Waals surface area contributed by atoms with E-state index in [0.717, 1.165) is 118 Å². The molecule has 11 nitrogen and oxygen atoms in total. The van der Waals surface area contributed by atoms with Crippen molar-refractivity contribution in [2.75, 3.05) is 80.9 Å². The average molecular weight is 1130 g/mol. The first-order valence-corrected chi connectivity index (χ1v) is 29.8. The van der Waals surface area contributed by atoms with Crippen LogP contribution in [0.5, 0.6) is 0 Å². The van der Waals surface area contributed by atoms with Crippen LogP contribution < -0.4 is 84.9 Å². The Hall–Kier alpha value is -9.87. The zero-order valence-electron chi connectivity index (χ0n) is 51.7. The van der Waals surface area contributed by atoms with Crippen molar-refractivity contribution in [3.8, 4) is 0 Å². The Morgan fingerprint density at radius 2 is 1.09 bits per heavy atom. The fourth-order valence-corrected chi connectivity index (χ4v) is 12.7. The molecule has 0 atom stereocenters. The average Bonchev–Trinajstić information content (AvgIpc) is 0.739. The summed E-state index contributed by atoms with van der Waals surface area (Å²) < 4.78 is 0. The highest BCUT2D eigenvalue weighted by Gasteiger charge is 2.45. The summed E-state index contributed by atoms with van der Waals surface area (Å²) in [5.41, 5.74) is 23.5. The maximum absolute atomic E-state index is 6.26. The van der Waals surface area contributed by atoms with Gasteiger partial charge in [-0.15, -0.1) is 0 Å². The molecule has 2 aliphatic rings. The van der Waals surface area contributed by atoms with Crippen LogP contribution in [0.2, 0.25) is 0 Å². The van der Waals surface area contributed by atoms with Gasteiger partial charge in [0.25, 0.3) is 13.4 Å². The molecule has 2 aliphatic heterocycles. The molecule has 0 N–H and O–H groups in total. The standard InChI is InChI=1S/C72H71B4N11/c1-12-25-56(82(4)5)43-70(87(55-32-23-16-24-33-55)67-40-57(83(6)7)35-34-50(67)2)81-76-65-45-62(73(52-26-17-13-18-27-52)71-51(3)46-77-48-79-71)63(44-64(65)74(53-28-19-14-20-29-53)72-66(76)47-78-49-80-72)75-60-38-36-58(84(8)9)41-68(60)86(54-30-21-15-22-31-54)69-42-59(85(10)11)37-39-61(69)75/h12-49H,1-11H3/b25-12-,56-43+,81-70-. The SMILES string of the molecule is C\C=C/C(=C\C(=N\B1c2cc(B(c3ccccc3)c3ncncc3C)c(B3c4ccc(N(C)C)cc4N(c4ccccc4)c4cc(N(C)C)ccc43)cc2B(c2ccccc2)c2ncncc21)N(c1ccccc1)c1cc(N(C)C)ccc1C)N(C)C. The largest absolute Gasteiger partial charge is 0.378 e. The van der Waals surface area contributed by atoms with Crippen LogP contribution in [0, 0.1) is 13.8 Å². The summed E-state index contributed by atoms with van der Waals surface area (Å²) >= 11 is 0. The van der Waals surface area contributed by atoms with E-state index in [0.29, 0.717) is 0 Å².